The predicted octanol–water partition coefficient (Wildman–Crippen LogP) is 1.39. The highest BCUT2D eigenvalue weighted by Crippen LogP contribution is 2.23. The Balaban J connectivity index is 1.88. The second-order valence-corrected chi connectivity index (χ2v) is 3.90. The number of rotatable bonds is 5. The molecule has 4 heteroatoms. The molecule has 0 heterocycles. The quantitative estimate of drug-likeness (QED) is 0.788. The van der Waals surface area contributed by atoms with E-state index in [9.17, 15) is 4.79 Å². The van der Waals surface area contributed by atoms with E-state index in [2.05, 4.69) is 10.6 Å². The first-order valence-corrected chi connectivity index (χ1v) is 5.46. The van der Waals surface area contributed by atoms with Crippen molar-refractivity contribution in [1.29, 1.82) is 0 Å². The van der Waals surface area contributed by atoms with Crippen molar-refractivity contribution >= 4 is 11.6 Å². The number of para-hydroxylation sites is 2. The van der Waals surface area contributed by atoms with Crippen LogP contribution in [0, 0.1) is 0 Å². The summed E-state index contributed by atoms with van der Waals surface area (Å²) in [7, 11) is 1.59. The zero-order chi connectivity index (χ0) is 11.4. The molecule has 1 aliphatic rings. The fourth-order valence-electron chi connectivity index (χ4n) is 1.47. The minimum absolute atomic E-state index is 0.0311. The molecule has 0 saturated heterocycles. The topological polar surface area (TPSA) is 50.4 Å². The molecule has 0 atom stereocenters. The fourth-order valence-corrected chi connectivity index (χ4v) is 1.47. The van der Waals surface area contributed by atoms with E-state index in [1.807, 2.05) is 24.3 Å². The molecule has 16 heavy (non-hydrogen) atoms. The summed E-state index contributed by atoms with van der Waals surface area (Å²) in [6.07, 6.45) is 2.36. The fraction of sp³-hybridized carbons (Fsp3) is 0.417. The van der Waals surface area contributed by atoms with E-state index >= 15 is 0 Å². The van der Waals surface area contributed by atoms with Crippen LogP contribution in [0.5, 0.6) is 5.75 Å². The van der Waals surface area contributed by atoms with Gasteiger partial charge in [0.15, 0.2) is 0 Å². The summed E-state index contributed by atoms with van der Waals surface area (Å²) in [4.78, 5) is 11.6. The summed E-state index contributed by atoms with van der Waals surface area (Å²) in [6, 6.07) is 7.93. The van der Waals surface area contributed by atoms with Gasteiger partial charge < -0.3 is 15.4 Å². The summed E-state index contributed by atoms with van der Waals surface area (Å²) in [5.41, 5.74) is 0.715. The minimum Gasteiger partial charge on any atom is -0.495 e. The van der Waals surface area contributed by atoms with Crippen LogP contribution in [0.1, 0.15) is 12.8 Å². The SMILES string of the molecule is COc1ccccc1NC(=O)CNC1CC1. The number of hydrogen-bond acceptors (Lipinski definition) is 3. The van der Waals surface area contributed by atoms with Gasteiger partial charge in [-0.1, -0.05) is 12.1 Å². The third kappa shape index (κ3) is 2.97. The Morgan fingerprint density at radius 3 is 2.88 bits per heavy atom. The van der Waals surface area contributed by atoms with Gasteiger partial charge in [0.25, 0.3) is 0 Å². The van der Waals surface area contributed by atoms with E-state index in [-0.39, 0.29) is 5.91 Å². The van der Waals surface area contributed by atoms with Crippen LogP contribution in [0.4, 0.5) is 5.69 Å². The normalized spacial score (nSPS) is 14.6. The zero-order valence-electron chi connectivity index (χ0n) is 9.32. The molecular formula is C12H16N2O2. The van der Waals surface area contributed by atoms with Crippen LogP contribution in [-0.4, -0.2) is 25.6 Å². The van der Waals surface area contributed by atoms with Gasteiger partial charge in [0.2, 0.25) is 5.91 Å². The molecule has 1 aliphatic carbocycles. The zero-order valence-corrected chi connectivity index (χ0v) is 9.32. The van der Waals surface area contributed by atoms with Gasteiger partial charge in [-0.3, -0.25) is 4.79 Å². The molecule has 1 aromatic rings. The standard InChI is InChI=1S/C12H16N2O2/c1-16-11-5-3-2-4-10(11)14-12(15)8-13-9-6-7-9/h2-5,9,13H,6-8H2,1H3,(H,14,15). The lowest BCUT2D eigenvalue weighted by atomic mass is 10.3. The number of methoxy groups -OCH3 is 1. The third-order valence-corrected chi connectivity index (χ3v) is 2.51. The number of carbonyl (C=O) groups is 1. The molecule has 0 radical (unpaired) electrons. The highest BCUT2D eigenvalue weighted by atomic mass is 16.5. The van der Waals surface area contributed by atoms with Crippen LogP contribution < -0.4 is 15.4 Å². The van der Waals surface area contributed by atoms with Gasteiger partial charge in [-0.05, 0) is 25.0 Å². The minimum atomic E-state index is -0.0311. The van der Waals surface area contributed by atoms with Crippen molar-refractivity contribution in [3.63, 3.8) is 0 Å². The lowest BCUT2D eigenvalue weighted by Gasteiger charge is -2.09. The summed E-state index contributed by atoms with van der Waals surface area (Å²) in [6.45, 7) is 0.364. The molecule has 0 aliphatic heterocycles. The molecule has 0 aromatic heterocycles. The molecule has 1 aromatic carbocycles. The van der Waals surface area contributed by atoms with E-state index in [0.717, 1.165) is 0 Å². The van der Waals surface area contributed by atoms with Crippen molar-refractivity contribution in [3.05, 3.63) is 24.3 Å². The number of nitrogens with one attached hydrogen (secondary N) is 2. The van der Waals surface area contributed by atoms with Gasteiger partial charge in [0.05, 0.1) is 19.3 Å². The van der Waals surface area contributed by atoms with Gasteiger partial charge in [-0.15, -0.1) is 0 Å². The Morgan fingerprint density at radius 2 is 2.19 bits per heavy atom. The molecule has 0 unspecified atom stereocenters. The number of benzene rings is 1. The molecule has 0 spiro atoms. The van der Waals surface area contributed by atoms with Gasteiger partial charge in [0.1, 0.15) is 5.75 Å². The Labute approximate surface area is 95.0 Å². The largest absolute Gasteiger partial charge is 0.495 e. The molecule has 1 fully saturated rings. The molecule has 1 saturated carbocycles. The van der Waals surface area contributed by atoms with E-state index in [1.54, 1.807) is 7.11 Å². The number of amides is 1. The van der Waals surface area contributed by atoms with Crippen molar-refractivity contribution < 1.29 is 9.53 Å². The van der Waals surface area contributed by atoms with Crippen molar-refractivity contribution in [2.45, 2.75) is 18.9 Å². The Morgan fingerprint density at radius 1 is 1.44 bits per heavy atom. The van der Waals surface area contributed by atoms with Crippen LogP contribution in [0.2, 0.25) is 0 Å². The number of anilines is 1. The van der Waals surface area contributed by atoms with Crippen molar-refractivity contribution in [2.24, 2.45) is 0 Å². The van der Waals surface area contributed by atoms with Gasteiger partial charge in [-0.25, -0.2) is 0 Å². The lowest BCUT2D eigenvalue weighted by Crippen LogP contribution is -2.29. The average molecular weight is 220 g/mol. The third-order valence-electron chi connectivity index (χ3n) is 2.51. The van der Waals surface area contributed by atoms with E-state index in [0.29, 0.717) is 24.0 Å². The van der Waals surface area contributed by atoms with E-state index in [1.165, 1.54) is 12.8 Å². The predicted molar refractivity (Wildman–Crippen MR) is 62.6 cm³/mol. The van der Waals surface area contributed by atoms with Gasteiger partial charge in [-0.2, -0.15) is 0 Å². The maximum atomic E-state index is 11.6. The Kier molecular flexibility index (Phi) is 3.41. The first-order valence-electron chi connectivity index (χ1n) is 5.46. The van der Waals surface area contributed by atoms with Crippen molar-refractivity contribution in [3.8, 4) is 5.75 Å². The average Bonchev–Trinajstić information content (AvgIpc) is 3.11. The smallest absolute Gasteiger partial charge is 0.238 e. The highest BCUT2D eigenvalue weighted by molar-refractivity contribution is 5.93. The molecular weight excluding hydrogens is 204 g/mol. The maximum absolute atomic E-state index is 11.6. The van der Waals surface area contributed by atoms with Gasteiger partial charge in [0, 0.05) is 6.04 Å². The molecule has 86 valence electrons. The molecule has 4 nitrogen and oxygen atoms in total. The van der Waals surface area contributed by atoms with Crippen LogP contribution in [0.25, 0.3) is 0 Å². The summed E-state index contributed by atoms with van der Waals surface area (Å²) in [5, 5.41) is 5.98. The van der Waals surface area contributed by atoms with Crippen LogP contribution in [-0.2, 0) is 4.79 Å². The van der Waals surface area contributed by atoms with E-state index in [4.69, 9.17) is 4.74 Å². The van der Waals surface area contributed by atoms with Gasteiger partial charge >= 0.3 is 0 Å². The highest BCUT2D eigenvalue weighted by Gasteiger charge is 2.21. The lowest BCUT2D eigenvalue weighted by molar-refractivity contribution is -0.115. The van der Waals surface area contributed by atoms with Crippen LogP contribution in [0.3, 0.4) is 0 Å². The monoisotopic (exact) mass is 220 g/mol. The van der Waals surface area contributed by atoms with Crippen LogP contribution >= 0.6 is 0 Å². The molecule has 0 bridgehead atoms. The van der Waals surface area contributed by atoms with Crippen molar-refractivity contribution in [1.82, 2.24) is 5.32 Å². The molecule has 2 N–H and O–H groups in total. The Hall–Kier alpha value is -1.55. The number of ether oxygens (including phenoxy) is 1. The molecule has 1 amide bonds. The van der Waals surface area contributed by atoms with E-state index < -0.39 is 0 Å². The second-order valence-electron chi connectivity index (χ2n) is 3.90. The second kappa shape index (κ2) is 4.99. The summed E-state index contributed by atoms with van der Waals surface area (Å²) in [5.74, 6) is 0.652. The number of carbonyl (C=O) groups excluding carboxylic acids is 1. The first kappa shape index (κ1) is 11.0. The van der Waals surface area contributed by atoms with Crippen molar-refractivity contribution in [2.75, 3.05) is 19.0 Å². The number of hydrogen-bond donors (Lipinski definition) is 2. The summed E-state index contributed by atoms with van der Waals surface area (Å²) < 4.78 is 5.15. The summed E-state index contributed by atoms with van der Waals surface area (Å²) >= 11 is 0. The first-order chi connectivity index (χ1) is 7.79. The maximum Gasteiger partial charge on any atom is 0.238 e. The van der Waals surface area contributed by atoms with Crippen LogP contribution in [0.15, 0.2) is 24.3 Å². The Bertz CT molecular complexity index is 375. The molecule has 2 rings (SSSR count).